The number of amides is 1. The molecule has 25 heavy (non-hydrogen) atoms. The van der Waals surface area contributed by atoms with Crippen LogP contribution in [0.5, 0.6) is 0 Å². The van der Waals surface area contributed by atoms with Crippen LogP contribution >= 0.6 is 11.6 Å². The second-order valence-corrected chi connectivity index (χ2v) is 5.74. The largest absolute Gasteiger partial charge is 0.480 e. The highest BCUT2D eigenvalue weighted by atomic mass is 35.5. The smallest absolute Gasteiger partial charge is 0.381 e. The van der Waals surface area contributed by atoms with Crippen LogP contribution in [0.2, 0.25) is 5.02 Å². The van der Waals surface area contributed by atoms with Crippen LogP contribution in [0.1, 0.15) is 11.4 Å². The molecular formula is C15H15ClN4O5. The summed E-state index contributed by atoms with van der Waals surface area (Å²) in [6.45, 7) is 0.879. The maximum Gasteiger partial charge on any atom is 0.381 e. The Morgan fingerprint density at radius 2 is 2.00 bits per heavy atom. The van der Waals surface area contributed by atoms with E-state index in [4.69, 9.17) is 16.7 Å². The number of hydrogen-bond acceptors (Lipinski definition) is 5. The van der Waals surface area contributed by atoms with Gasteiger partial charge in [0.05, 0.1) is 0 Å². The summed E-state index contributed by atoms with van der Waals surface area (Å²) >= 11 is 5.81. The average Bonchev–Trinajstić information content (AvgIpc) is 2.89. The van der Waals surface area contributed by atoms with Gasteiger partial charge in [-0.05, 0) is 27.6 Å². The van der Waals surface area contributed by atoms with Crippen LogP contribution in [0.4, 0.5) is 5.82 Å². The molecule has 1 N–H and O–H groups in total. The number of halogens is 1. The van der Waals surface area contributed by atoms with Gasteiger partial charge < -0.3 is 20.1 Å². The number of aliphatic carboxylic acids is 1. The Morgan fingerprint density at radius 1 is 1.36 bits per heavy atom. The van der Waals surface area contributed by atoms with Crippen LogP contribution in [0.25, 0.3) is 0 Å². The highest BCUT2D eigenvalue weighted by Gasteiger charge is 2.21. The van der Waals surface area contributed by atoms with Gasteiger partial charge in [0.2, 0.25) is 11.7 Å². The van der Waals surface area contributed by atoms with Gasteiger partial charge in [-0.25, -0.2) is 0 Å². The Morgan fingerprint density at radius 3 is 2.52 bits per heavy atom. The molecule has 2 rings (SSSR count). The molecule has 1 aromatic heterocycles. The number of nitrogens with zero attached hydrogens (tertiary/aromatic N) is 4. The fourth-order valence-corrected chi connectivity index (χ4v) is 2.32. The Labute approximate surface area is 147 Å². The zero-order valence-electron chi connectivity index (χ0n) is 13.3. The van der Waals surface area contributed by atoms with Crippen LogP contribution in [-0.4, -0.2) is 42.9 Å². The molecule has 0 fully saturated rings. The quantitative estimate of drug-likeness (QED) is 0.590. The number of carboxylic acid groups (broad SMARTS) is 1. The molecule has 1 amide bonds. The summed E-state index contributed by atoms with van der Waals surface area (Å²) in [6.07, 6.45) is 1.15. The van der Waals surface area contributed by atoms with Gasteiger partial charge in [-0.1, -0.05) is 23.7 Å². The zero-order chi connectivity index (χ0) is 18.6. The molecule has 1 aromatic carbocycles. The minimum atomic E-state index is -1.16. The highest BCUT2D eigenvalue weighted by molar-refractivity contribution is 6.30. The van der Waals surface area contributed by atoms with Crippen LogP contribution in [0, 0.1) is 17.0 Å². The third-order valence-electron chi connectivity index (χ3n) is 3.42. The molecule has 0 aliphatic heterocycles. The van der Waals surface area contributed by atoms with E-state index >= 15 is 0 Å². The maximum atomic E-state index is 12.5. The molecular weight excluding hydrogens is 352 g/mol. The first-order chi connectivity index (χ1) is 11.8. The van der Waals surface area contributed by atoms with Crippen molar-refractivity contribution in [3.8, 4) is 0 Å². The first-order valence-electron chi connectivity index (χ1n) is 7.18. The van der Waals surface area contributed by atoms with Crippen molar-refractivity contribution in [2.24, 2.45) is 0 Å². The molecule has 132 valence electrons. The summed E-state index contributed by atoms with van der Waals surface area (Å²) in [7, 11) is 0. The number of aryl methyl sites for hydroxylation is 1. The van der Waals surface area contributed by atoms with Crippen molar-refractivity contribution in [1.29, 1.82) is 0 Å². The van der Waals surface area contributed by atoms with E-state index in [0.717, 1.165) is 11.1 Å². The number of hydrogen-bond donors (Lipinski definition) is 1. The first-order valence-corrected chi connectivity index (χ1v) is 7.56. The molecule has 0 aliphatic rings. The molecule has 0 saturated carbocycles. The number of aromatic nitrogens is 2. The standard InChI is InChI=1S/C15H15ClN4O5/c1-10-17-13(20(24)25)7-18(10)8-14(21)19(9-15(22)23)6-11-2-4-12(16)5-3-11/h2-5,7H,6,8-9H2,1H3,(H,22,23). The van der Waals surface area contributed by atoms with Crippen molar-refractivity contribution in [2.75, 3.05) is 6.54 Å². The Bertz CT molecular complexity index is 803. The predicted molar refractivity (Wildman–Crippen MR) is 88.1 cm³/mol. The van der Waals surface area contributed by atoms with Gasteiger partial charge in [0.1, 0.15) is 19.3 Å². The molecule has 0 spiro atoms. The van der Waals surface area contributed by atoms with Crippen LogP contribution in [0.3, 0.4) is 0 Å². The molecule has 9 nitrogen and oxygen atoms in total. The lowest BCUT2D eigenvalue weighted by molar-refractivity contribution is -0.389. The van der Waals surface area contributed by atoms with E-state index in [-0.39, 0.29) is 18.9 Å². The van der Waals surface area contributed by atoms with Crippen LogP contribution < -0.4 is 0 Å². The van der Waals surface area contributed by atoms with Gasteiger partial charge in [0, 0.05) is 18.5 Å². The molecule has 2 aromatic rings. The third kappa shape index (κ3) is 5.01. The molecule has 0 unspecified atom stereocenters. The fourth-order valence-electron chi connectivity index (χ4n) is 2.19. The lowest BCUT2D eigenvalue weighted by Crippen LogP contribution is -2.37. The van der Waals surface area contributed by atoms with E-state index in [9.17, 15) is 19.7 Å². The normalized spacial score (nSPS) is 10.5. The molecule has 1 heterocycles. The Kier molecular flexibility index (Phi) is 5.71. The topological polar surface area (TPSA) is 119 Å². The predicted octanol–water partition coefficient (Wildman–Crippen LogP) is 1.87. The van der Waals surface area contributed by atoms with E-state index in [0.29, 0.717) is 16.4 Å². The number of carbonyl (C=O) groups is 2. The number of rotatable bonds is 7. The molecule has 10 heteroatoms. The minimum Gasteiger partial charge on any atom is -0.480 e. The third-order valence-corrected chi connectivity index (χ3v) is 3.67. The minimum absolute atomic E-state index is 0.0815. The van der Waals surface area contributed by atoms with E-state index in [1.165, 1.54) is 11.5 Å². The summed E-state index contributed by atoms with van der Waals surface area (Å²) in [6, 6.07) is 6.67. The molecule has 0 bridgehead atoms. The summed E-state index contributed by atoms with van der Waals surface area (Å²) in [5, 5.41) is 20.3. The fraction of sp³-hybridized carbons (Fsp3) is 0.267. The second kappa shape index (κ2) is 7.75. The zero-order valence-corrected chi connectivity index (χ0v) is 14.0. The lowest BCUT2D eigenvalue weighted by Gasteiger charge is -2.21. The van der Waals surface area contributed by atoms with E-state index < -0.39 is 23.3 Å². The molecule has 0 atom stereocenters. The summed E-state index contributed by atoms with van der Waals surface area (Å²) in [5.41, 5.74) is 0.715. The number of imidazole rings is 1. The summed E-state index contributed by atoms with van der Waals surface area (Å²) in [5.74, 6) is -1.72. The number of carboxylic acids is 1. The molecule has 0 radical (unpaired) electrons. The van der Waals surface area contributed by atoms with E-state index in [1.807, 2.05) is 0 Å². The van der Waals surface area contributed by atoms with Crippen LogP contribution in [-0.2, 0) is 22.7 Å². The van der Waals surface area contributed by atoms with Gasteiger partial charge in [0.25, 0.3) is 0 Å². The SMILES string of the molecule is Cc1nc([N+](=O)[O-])cn1CC(=O)N(CC(=O)O)Cc1ccc(Cl)cc1. The van der Waals surface area contributed by atoms with Crippen molar-refractivity contribution in [1.82, 2.24) is 14.5 Å². The maximum absolute atomic E-state index is 12.5. The lowest BCUT2D eigenvalue weighted by atomic mass is 10.2. The van der Waals surface area contributed by atoms with Gasteiger partial charge >= 0.3 is 11.8 Å². The van der Waals surface area contributed by atoms with Crippen molar-refractivity contribution >= 4 is 29.3 Å². The van der Waals surface area contributed by atoms with E-state index in [1.54, 1.807) is 24.3 Å². The van der Waals surface area contributed by atoms with Crippen molar-refractivity contribution in [3.63, 3.8) is 0 Å². The summed E-state index contributed by atoms with van der Waals surface area (Å²) < 4.78 is 1.32. The van der Waals surface area contributed by atoms with Gasteiger partial charge in [0.15, 0.2) is 0 Å². The number of nitro groups is 1. The van der Waals surface area contributed by atoms with E-state index in [2.05, 4.69) is 4.98 Å². The average molecular weight is 367 g/mol. The number of benzene rings is 1. The van der Waals surface area contributed by atoms with Crippen molar-refractivity contribution in [2.45, 2.75) is 20.0 Å². The molecule has 0 aliphatic carbocycles. The Balaban J connectivity index is 2.16. The van der Waals surface area contributed by atoms with Crippen molar-refractivity contribution < 1.29 is 19.6 Å². The summed E-state index contributed by atoms with van der Waals surface area (Å²) in [4.78, 5) is 38.5. The Hall–Kier alpha value is -2.94. The monoisotopic (exact) mass is 366 g/mol. The van der Waals surface area contributed by atoms with Crippen molar-refractivity contribution in [3.05, 3.63) is 57.0 Å². The van der Waals surface area contributed by atoms with Gasteiger partial charge in [-0.3, -0.25) is 14.2 Å². The second-order valence-electron chi connectivity index (χ2n) is 5.30. The van der Waals surface area contributed by atoms with Gasteiger partial charge in [-0.15, -0.1) is 0 Å². The van der Waals surface area contributed by atoms with Crippen LogP contribution in [0.15, 0.2) is 30.5 Å². The molecule has 0 saturated heterocycles. The highest BCUT2D eigenvalue weighted by Crippen LogP contribution is 2.14. The van der Waals surface area contributed by atoms with Gasteiger partial charge in [-0.2, -0.15) is 0 Å². The first kappa shape index (κ1) is 18.4. The number of carbonyl (C=O) groups excluding carboxylic acids is 1.